The molecule has 1 amide bonds. The van der Waals surface area contributed by atoms with Crippen LogP contribution in [0.1, 0.15) is 17.0 Å². The quantitative estimate of drug-likeness (QED) is 0.847. The summed E-state index contributed by atoms with van der Waals surface area (Å²) < 4.78 is 5.74. The Kier molecular flexibility index (Phi) is 6.10. The van der Waals surface area contributed by atoms with Gasteiger partial charge in [0, 0.05) is 29.6 Å². The molecule has 4 nitrogen and oxygen atoms in total. The van der Waals surface area contributed by atoms with Crippen molar-refractivity contribution in [3.8, 4) is 5.75 Å². The third-order valence-electron chi connectivity index (χ3n) is 5.22. The van der Waals surface area contributed by atoms with E-state index in [1.807, 2.05) is 41.3 Å². The monoisotopic (exact) mass is 404 g/mol. The average Bonchev–Trinajstić information content (AvgIpc) is 3.12. The minimum absolute atomic E-state index is 0. The van der Waals surface area contributed by atoms with Crippen LogP contribution in [0.3, 0.4) is 0 Å². The second kappa shape index (κ2) is 8.34. The van der Waals surface area contributed by atoms with Gasteiger partial charge in [-0.15, -0.1) is 12.4 Å². The lowest BCUT2D eigenvalue weighted by atomic mass is 9.89. The van der Waals surface area contributed by atoms with E-state index in [2.05, 4.69) is 12.1 Å². The smallest absolute Gasteiger partial charge is 0.253 e. The zero-order valence-electron chi connectivity index (χ0n) is 14.8. The summed E-state index contributed by atoms with van der Waals surface area (Å²) in [4.78, 5) is 14.9. The molecule has 0 radical (unpaired) electrons. The van der Waals surface area contributed by atoms with Gasteiger partial charge >= 0.3 is 0 Å². The van der Waals surface area contributed by atoms with E-state index in [1.54, 1.807) is 6.07 Å². The predicted octanol–water partition coefficient (Wildman–Crippen LogP) is 3.74. The van der Waals surface area contributed by atoms with Gasteiger partial charge in [-0.05, 0) is 42.3 Å². The van der Waals surface area contributed by atoms with Crippen molar-refractivity contribution in [1.82, 2.24) is 4.90 Å². The van der Waals surface area contributed by atoms with Gasteiger partial charge in [0.05, 0.1) is 5.57 Å². The molecule has 2 heterocycles. The highest BCUT2D eigenvalue weighted by molar-refractivity contribution is 6.30. The molecule has 0 aromatic heterocycles. The van der Waals surface area contributed by atoms with Crippen molar-refractivity contribution >= 4 is 36.0 Å². The number of nitrogens with two attached hydrogens (primary N) is 1. The molecule has 2 aliphatic rings. The van der Waals surface area contributed by atoms with Gasteiger partial charge in [-0.3, -0.25) is 4.79 Å². The Balaban J connectivity index is 0.00000210. The Hall–Kier alpha value is -2.01. The third-order valence-corrected chi connectivity index (χ3v) is 5.45. The third kappa shape index (κ3) is 3.98. The maximum Gasteiger partial charge on any atom is 0.253 e. The van der Waals surface area contributed by atoms with Gasteiger partial charge in [-0.1, -0.05) is 41.9 Å². The molecule has 2 aromatic rings. The molecule has 142 valence electrons. The second-order valence-electron chi connectivity index (χ2n) is 6.86. The maximum absolute atomic E-state index is 13.0. The Morgan fingerprint density at radius 1 is 1.19 bits per heavy atom. The Labute approximate surface area is 170 Å². The lowest BCUT2D eigenvalue weighted by Crippen LogP contribution is -2.33. The lowest BCUT2D eigenvalue weighted by Gasteiger charge is -2.22. The molecule has 2 aromatic carbocycles. The number of benzene rings is 2. The van der Waals surface area contributed by atoms with E-state index in [-0.39, 0.29) is 36.8 Å². The van der Waals surface area contributed by atoms with Crippen LogP contribution in [0.2, 0.25) is 5.02 Å². The number of likely N-dealkylation sites (tertiary alicyclic amines) is 1. The van der Waals surface area contributed by atoms with Crippen molar-refractivity contribution in [2.24, 2.45) is 11.7 Å². The number of carbonyl (C=O) groups is 1. The number of nitrogens with zero attached hydrogens (tertiary/aromatic N) is 1. The molecule has 0 unspecified atom stereocenters. The minimum atomic E-state index is 0. The highest BCUT2D eigenvalue weighted by Crippen LogP contribution is 2.34. The van der Waals surface area contributed by atoms with Crippen molar-refractivity contribution in [2.75, 3.05) is 26.2 Å². The topological polar surface area (TPSA) is 55.6 Å². The summed E-state index contributed by atoms with van der Waals surface area (Å²) in [6.07, 6.45) is 1.89. The predicted molar refractivity (Wildman–Crippen MR) is 110 cm³/mol. The molecular weight excluding hydrogens is 383 g/mol. The van der Waals surface area contributed by atoms with Crippen LogP contribution in [0.25, 0.3) is 6.08 Å². The van der Waals surface area contributed by atoms with E-state index in [9.17, 15) is 4.79 Å². The van der Waals surface area contributed by atoms with Crippen LogP contribution >= 0.6 is 24.0 Å². The summed E-state index contributed by atoms with van der Waals surface area (Å²) in [6.45, 7) is 2.21. The van der Waals surface area contributed by atoms with E-state index in [1.165, 1.54) is 5.56 Å². The minimum Gasteiger partial charge on any atom is -0.488 e. The highest BCUT2D eigenvalue weighted by Gasteiger charge is 2.36. The van der Waals surface area contributed by atoms with E-state index in [0.29, 0.717) is 30.2 Å². The van der Waals surface area contributed by atoms with Gasteiger partial charge in [0.15, 0.2) is 0 Å². The molecule has 27 heavy (non-hydrogen) atoms. The Morgan fingerprint density at radius 3 is 2.70 bits per heavy atom. The number of ether oxygens (including phenoxy) is 1. The van der Waals surface area contributed by atoms with Crippen LogP contribution in [-0.4, -0.2) is 37.0 Å². The zero-order chi connectivity index (χ0) is 18.1. The molecule has 0 saturated carbocycles. The van der Waals surface area contributed by atoms with Crippen LogP contribution in [0.15, 0.2) is 54.1 Å². The largest absolute Gasteiger partial charge is 0.488 e. The first-order valence-corrected chi connectivity index (χ1v) is 9.20. The van der Waals surface area contributed by atoms with E-state index in [4.69, 9.17) is 22.1 Å². The summed E-state index contributed by atoms with van der Waals surface area (Å²) >= 11 is 6.06. The first-order chi connectivity index (χ1) is 12.7. The molecule has 2 N–H and O–H groups in total. The summed E-state index contributed by atoms with van der Waals surface area (Å²) in [6, 6.07) is 15.7. The summed E-state index contributed by atoms with van der Waals surface area (Å²) in [5.41, 5.74) is 8.74. The van der Waals surface area contributed by atoms with Gasteiger partial charge in [-0.2, -0.15) is 0 Å². The van der Waals surface area contributed by atoms with Gasteiger partial charge in [0.2, 0.25) is 0 Å². The van der Waals surface area contributed by atoms with Crippen LogP contribution in [0.4, 0.5) is 0 Å². The summed E-state index contributed by atoms with van der Waals surface area (Å²) in [7, 11) is 0. The number of amides is 1. The summed E-state index contributed by atoms with van der Waals surface area (Å²) in [5.74, 6) is 1.33. The van der Waals surface area contributed by atoms with Gasteiger partial charge in [0.1, 0.15) is 12.4 Å². The van der Waals surface area contributed by atoms with Crippen molar-refractivity contribution in [2.45, 2.75) is 5.92 Å². The van der Waals surface area contributed by atoms with Crippen molar-refractivity contribution < 1.29 is 9.53 Å². The molecule has 0 bridgehead atoms. The van der Waals surface area contributed by atoms with Crippen LogP contribution in [0.5, 0.6) is 5.75 Å². The molecule has 2 atom stereocenters. The number of carbonyl (C=O) groups excluding carboxylic acids is 1. The molecule has 0 aliphatic carbocycles. The van der Waals surface area contributed by atoms with Crippen molar-refractivity contribution in [1.29, 1.82) is 0 Å². The fourth-order valence-electron chi connectivity index (χ4n) is 3.83. The van der Waals surface area contributed by atoms with E-state index in [0.717, 1.165) is 11.3 Å². The molecule has 4 rings (SSSR count). The molecule has 0 spiro atoms. The molecular formula is C21H22Cl2N2O2. The molecule has 1 saturated heterocycles. The molecule has 1 fully saturated rings. The number of rotatable bonds is 3. The average molecular weight is 405 g/mol. The van der Waals surface area contributed by atoms with Crippen molar-refractivity contribution in [3.63, 3.8) is 0 Å². The Morgan fingerprint density at radius 2 is 1.96 bits per heavy atom. The lowest BCUT2D eigenvalue weighted by molar-refractivity contribution is -0.126. The molecule has 2 aliphatic heterocycles. The van der Waals surface area contributed by atoms with Crippen LogP contribution in [-0.2, 0) is 4.79 Å². The fourth-order valence-corrected chi connectivity index (χ4v) is 4.01. The van der Waals surface area contributed by atoms with E-state index >= 15 is 0 Å². The molecule has 6 heteroatoms. The van der Waals surface area contributed by atoms with Crippen LogP contribution in [0, 0.1) is 5.92 Å². The van der Waals surface area contributed by atoms with E-state index < -0.39 is 0 Å². The zero-order valence-corrected chi connectivity index (χ0v) is 16.4. The second-order valence-corrected chi connectivity index (χ2v) is 7.30. The highest BCUT2D eigenvalue weighted by atomic mass is 35.5. The standard InChI is InChI=1S/C21H21ClN2O2.ClH/c22-18-6-7-20-15(9-18)8-16(13-26-20)21(25)24-11-17(10-23)19(12-24)14-4-2-1-3-5-14;/h1-9,17,19H,10-13,23H2;1H/t17-,19+;/m1./s1. The number of hydrogen-bond acceptors (Lipinski definition) is 3. The fraction of sp³-hybridized carbons (Fsp3) is 0.286. The maximum atomic E-state index is 13.0. The van der Waals surface area contributed by atoms with Crippen LogP contribution < -0.4 is 10.5 Å². The van der Waals surface area contributed by atoms with Gasteiger partial charge in [0.25, 0.3) is 5.91 Å². The van der Waals surface area contributed by atoms with Gasteiger partial charge in [-0.25, -0.2) is 0 Å². The van der Waals surface area contributed by atoms with Crippen molar-refractivity contribution in [3.05, 3.63) is 70.3 Å². The number of hydrogen-bond donors (Lipinski definition) is 1. The number of halogens is 2. The first kappa shape index (κ1) is 19.7. The number of fused-ring (bicyclic) bond motifs is 1. The summed E-state index contributed by atoms with van der Waals surface area (Å²) in [5, 5.41) is 0.630. The SMILES string of the molecule is Cl.NC[C@@H]1CN(C(=O)C2=Cc3cc(Cl)ccc3OC2)C[C@H]1c1ccccc1. The Bertz CT molecular complexity index is 855. The first-order valence-electron chi connectivity index (χ1n) is 8.83. The normalized spacial score (nSPS) is 21.0. The van der Waals surface area contributed by atoms with Gasteiger partial charge < -0.3 is 15.4 Å².